The number of rotatable bonds is 6. The van der Waals surface area contributed by atoms with Crippen molar-refractivity contribution in [1.29, 1.82) is 0 Å². The Morgan fingerprint density at radius 3 is 1.76 bits per heavy atom. The molecule has 2 heterocycles. The SMILES string of the molecule is CCCC1CC(CC)CN(C)C1.CCCC1CC(CC)C[N+](C)(C)C1. The van der Waals surface area contributed by atoms with Gasteiger partial charge in [-0.15, -0.1) is 0 Å². The fourth-order valence-corrected chi connectivity index (χ4v) is 5.50. The van der Waals surface area contributed by atoms with E-state index in [1.807, 2.05) is 0 Å². The van der Waals surface area contributed by atoms with Gasteiger partial charge < -0.3 is 9.38 Å². The van der Waals surface area contributed by atoms with Crippen LogP contribution < -0.4 is 0 Å². The number of hydrogen-bond donors (Lipinski definition) is 0. The molecule has 4 atom stereocenters. The van der Waals surface area contributed by atoms with Gasteiger partial charge in [0.1, 0.15) is 0 Å². The average molecular weight is 354 g/mol. The second kappa shape index (κ2) is 11.6. The third kappa shape index (κ3) is 8.91. The molecule has 0 radical (unpaired) electrons. The van der Waals surface area contributed by atoms with Crippen LogP contribution in [0.4, 0.5) is 0 Å². The summed E-state index contributed by atoms with van der Waals surface area (Å²) in [6.45, 7) is 14.8. The fourth-order valence-electron chi connectivity index (χ4n) is 5.50. The zero-order valence-electron chi connectivity index (χ0n) is 18.7. The Morgan fingerprint density at radius 2 is 1.20 bits per heavy atom. The molecular formula is C23H49N2+. The molecule has 0 aliphatic carbocycles. The zero-order chi connectivity index (χ0) is 18.9. The predicted octanol–water partition coefficient (Wildman–Crippen LogP) is 5.67. The molecule has 2 nitrogen and oxygen atoms in total. The molecule has 150 valence electrons. The van der Waals surface area contributed by atoms with Crippen LogP contribution in [-0.2, 0) is 0 Å². The topological polar surface area (TPSA) is 3.24 Å². The highest BCUT2D eigenvalue weighted by Crippen LogP contribution is 2.29. The summed E-state index contributed by atoms with van der Waals surface area (Å²) in [6.07, 6.45) is 11.3. The number of hydrogen-bond acceptors (Lipinski definition) is 1. The Bertz CT molecular complexity index is 339. The second-order valence-corrected chi connectivity index (χ2v) is 9.85. The van der Waals surface area contributed by atoms with E-state index in [2.05, 4.69) is 53.7 Å². The molecule has 2 rings (SSSR count). The van der Waals surface area contributed by atoms with Crippen molar-refractivity contribution in [3.63, 3.8) is 0 Å². The van der Waals surface area contributed by atoms with Gasteiger partial charge in [0.15, 0.2) is 0 Å². The summed E-state index contributed by atoms with van der Waals surface area (Å²) in [5.41, 5.74) is 0. The van der Waals surface area contributed by atoms with Crippen LogP contribution in [0.1, 0.15) is 79.1 Å². The first-order chi connectivity index (χ1) is 11.8. The summed E-state index contributed by atoms with van der Waals surface area (Å²) in [5, 5.41) is 0. The average Bonchev–Trinajstić information content (AvgIpc) is 2.54. The molecule has 25 heavy (non-hydrogen) atoms. The molecule has 0 aromatic carbocycles. The van der Waals surface area contributed by atoms with Gasteiger partial charge in [0.25, 0.3) is 0 Å². The number of nitrogens with zero attached hydrogens (tertiary/aromatic N) is 2. The van der Waals surface area contributed by atoms with E-state index in [0.29, 0.717) is 0 Å². The Balaban J connectivity index is 0.000000251. The van der Waals surface area contributed by atoms with Crippen LogP contribution in [0.2, 0.25) is 0 Å². The predicted molar refractivity (Wildman–Crippen MR) is 113 cm³/mol. The molecular weight excluding hydrogens is 304 g/mol. The van der Waals surface area contributed by atoms with Gasteiger partial charge in [-0.3, -0.25) is 0 Å². The summed E-state index contributed by atoms with van der Waals surface area (Å²) < 4.78 is 1.25. The smallest absolute Gasteiger partial charge is 0.0811 e. The van der Waals surface area contributed by atoms with Crippen LogP contribution >= 0.6 is 0 Å². The minimum atomic E-state index is 0.972. The number of quaternary nitrogens is 1. The highest BCUT2D eigenvalue weighted by Gasteiger charge is 2.32. The lowest BCUT2D eigenvalue weighted by atomic mass is 9.84. The van der Waals surface area contributed by atoms with Crippen molar-refractivity contribution in [1.82, 2.24) is 4.90 Å². The van der Waals surface area contributed by atoms with E-state index >= 15 is 0 Å². The van der Waals surface area contributed by atoms with Crippen molar-refractivity contribution in [2.75, 3.05) is 47.3 Å². The van der Waals surface area contributed by atoms with E-state index in [0.717, 1.165) is 23.7 Å². The Hall–Kier alpha value is -0.0800. The lowest BCUT2D eigenvalue weighted by Crippen LogP contribution is -2.51. The molecule has 0 bridgehead atoms. The van der Waals surface area contributed by atoms with Gasteiger partial charge >= 0.3 is 0 Å². The molecule has 0 aromatic heterocycles. The van der Waals surface area contributed by atoms with Crippen LogP contribution in [-0.4, -0.2) is 56.7 Å². The van der Waals surface area contributed by atoms with Crippen LogP contribution in [0.25, 0.3) is 0 Å². The quantitative estimate of drug-likeness (QED) is 0.556. The minimum Gasteiger partial charge on any atom is -0.328 e. The van der Waals surface area contributed by atoms with Crippen molar-refractivity contribution in [3.05, 3.63) is 0 Å². The minimum absolute atomic E-state index is 0.972. The molecule has 2 heteroatoms. The molecule has 0 amide bonds. The normalized spacial score (nSPS) is 32.8. The summed E-state index contributed by atoms with van der Waals surface area (Å²) >= 11 is 0. The van der Waals surface area contributed by atoms with Gasteiger partial charge in [0.2, 0.25) is 0 Å². The maximum atomic E-state index is 2.51. The summed E-state index contributed by atoms with van der Waals surface area (Å²) in [6, 6.07) is 0. The number of piperidine rings is 2. The van der Waals surface area contributed by atoms with Crippen molar-refractivity contribution >= 4 is 0 Å². The Kier molecular flexibility index (Phi) is 10.6. The molecule has 0 saturated carbocycles. The summed E-state index contributed by atoms with van der Waals surface area (Å²) in [4.78, 5) is 2.51. The third-order valence-corrected chi connectivity index (χ3v) is 6.53. The van der Waals surface area contributed by atoms with Crippen molar-refractivity contribution in [2.24, 2.45) is 23.7 Å². The van der Waals surface area contributed by atoms with Crippen molar-refractivity contribution in [3.8, 4) is 0 Å². The maximum absolute atomic E-state index is 2.51. The third-order valence-electron chi connectivity index (χ3n) is 6.53. The van der Waals surface area contributed by atoms with E-state index in [1.54, 1.807) is 0 Å². The monoisotopic (exact) mass is 353 g/mol. The molecule has 0 N–H and O–H groups in total. The molecule has 2 aliphatic heterocycles. The Labute approximate surface area is 159 Å². The summed E-state index contributed by atoms with van der Waals surface area (Å²) in [5.74, 6) is 3.94. The maximum Gasteiger partial charge on any atom is 0.0811 e. The molecule has 0 spiro atoms. The fraction of sp³-hybridized carbons (Fsp3) is 1.00. The Morgan fingerprint density at radius 1 is 0.720 bits per heavy atom. The van der Waals surface area contributed by atoms with E-state index in [1.165, 1.54) is 82.0 Å². The highest BCUT2D eigenvalue weighted by molar-refractivity contribution is 4.76. The standard InChI is InChI=1S/C12H26N.C11H23N/c1-5-7-12-8-11(6-2)9-13(3,4)10-12;1-4-6-11-7-10(5-2)8-12(3)9-11/h11-12H,5-10H2,1-4H3;10-11H,4-9H2,1-3H3/q+1;. The molecule has 2 aliphatic rings. The van der Waals surface area contributed by atoms with Gasteiger partial charge in [0, 0.05) is 24.9 Å². The molecule has 2 saturated heterocycles. The first kappa shape index (κ1) is 23.0. The van der Waals surface area contributed by atoms with E-state index < -0.39 is 0 Å². The number of likely N-dealkylation sites (tertiary alicyclic amines) is 2. The second-order valence-electron chi connectivity index (χ2n) is 9.85. The van der Waals surface area contributed by atoms with Gasteiger partial charge in [-0.2, -0.15) is 0 Å². The van der Waals surface area contributed by atoms with Crippen LogP contribution in [0.3, 0.4) is 0 Å². The van der Waals surface area contributed by atoms with Gasteiger partial charge in [-0.1, -0.05) is 47.0 Å². The molecule has 4 unspecified atom stereocenters. The van der Waals surface area contributed by atoms with Gasteiger partial charge in [0.05, 0.1) is 27.2 Å². The van der Waals surface area contributed by atoms with E-state index in [4.69, 9.17) is 0 Å². The van der Waals surface area contributed by atoms with Gasteiger partial charge in [-0.05, 0) is 51.0 Å². The van der Waals surface area contributed by atoms with Crippen LogP contribution in [0.15, 0.2) is 0 Å². The van der Waals surface area contributed by atoms with E-state index in [9.17, 15) is 0 Å². The van der Waals surface area contributed by atoms with Crippen LogP contribution in [0, 0.1) is 23.7 Å². The van der Waals surface area contributed by atoms with Crippen molar-refractivity contribution < 1.29 is 4.48 Å². The zero-order valence-corrected chi connectivity index (χ0v) is 18.7. The molecule has 2 fully saturated rings. The lowest BCUT2D eigenvalue weighted by Gasteiger charge is -2.42. The first-order valence-corrected chi connectivity index (χ1v) is 11.3. The van der Waals surface area contributed by atoms with E-state index in [-0.39, 0.29) is 0 Å². The van der Waals surface area contributed by atoms with Crippen molar-refractivity contribution in [2.45, 2.75) is 79.1 Å². The first-order valence-electron chi connectivity index (χ1n) is 11.3. The largest absolute Gasteiger partial charge is 0.328 e. The summed E-state index contributed by atoms with van der Waals surface area (Å²) in [7, 11) is 7.06. The van der Waals surface area contributed by atoms with Crippen LogP contribution in [0.5, 0.6) is 0 Å². The molecule has 0 aromatic rings. The lowest BCUT2D eigenvalue weighted by molar-refractivity contribution is -0.902. The highest BCUT2D eigenvalue weighted by atomic mass is 15.3. The van der Waals surface area contributed by atoms with Gasteiger partial charge in [-0.25, -0.2) is 0 Å².